The first-order chi connectivity index (χ1) is 4.95. The number of hydrogen-bond donors (Lipinski definition) is 0. The van der Waals surface area contributed by atoms with Gasteiger partial charge in [0.1, 0.15) is 16.4 Å². The molecule has 0 aliphatic heterocycles. The normalized spacial score (nSPS) is 11.5. The molecule has 4 nitrogen and oxygen atoms in total. The molecule has 0 amide bonds. The summed E-state index contributed by atoms with van der Waals surface area (Å²) in [5, 5.41) is 0. The maximum Gasteiger partial charge on any atom is 0.159 e. The lowest BCUT2D eigenvalue weighted by molar-refractivity contribution is -0.122. The average molecular weight is 180 g/mol. The quantitative estimate of drug-likeness (QED) is 0.579. The number of hydrogen-bond acceptors (Lipinski definition) is 4. The number of Topliss-reactive ketones (excluding diaryl/α,β-unsaturated/α-hetero) is 1. The minimum atomic E-state index is -3.01. The van der Waals surface area contributed by atoms with Gasteiger partial charge in [0.2, 0.25) is 0 Å². The Labute approximate surface area is 66.5 Å². The van der Waals surface area contributed by atoms with Gasteiger partial charge in [0.05, 0.1) is 5.75 Å². The molecule has 0 aromatic heterocycles. The zero-order valence-electron chi connectivity index (χ0n) is 6.66. The van der Waals surface area contributed by atoms with Crippen LogP contribution in [0.4, 0.5) is 0 Å². The van der Waals surface area contributed by atoms with Crippen LogP contribution in [0.2, 0.25) is 0 Å². The standard InChI is InChI=1S/C6H12O4S/c1-10-5-6(7)3-4-11(2,8)9/h3-5H2,1-2H3. The van der Waals surface area contributed by atoms with E-state index in [1.807, 2.05) is 0 Å². The number of carbonyl (C=O) groups excluding carboxylic acids is 1. The summed E-state index contributed by atoms with van der Waals surface area (Å²) in [5.41, 5.74) is 0. The summed E-state index contributed by atoms with van der Waals surface area (Å²) in [6.07, 6.45) is 1.15. The molecule has 5 heteroatoms. The summed E-state index contributed by atoms with van der Waals surface area (Å²) in [7, 11) is -1.61. The second-order valence-corrected chi connectivity index (χ2v) is 4.61. The van der Waals surface area contributed by atoms with Gasteiger partial charge in [-0.2, -0.15) is 0 Å². The molecule has 0 saturated heterocycles. The molecular weight excluding hydrogens is 168 g/mol. The van der Waals surface area contributed by atoms with Crippen molar-refractivity contribution in [3.63, 3.8) is 0 Å². The lowest BCUT2D eigenvalue weighted by Crippen LogP contribution is -2.13. The van der Waals surface area contributed by atoms with E-state index < -0.39 is 9.84 Å². The molecule has 0 bridgehead atoms. The molecule has 0 spiro atoms. The van der Waals surface area contributed by atoms with Gasteiger partial charge >= 0.3 is 0 Å². The van der Waals surface area contributed by atoms with E-state index in [0.717, 1.165) is 6.26 Å². The molecule has 0 saturated carbocycles. The largest absolute Gasteiger partial charge is 0.377 e. The first kappa shape index (κ1) is 10.6. The van der Waals surface area contributed by atoms with Crippen molar-refractivity contribution in [1.29, 1.82) is 0 Å². The third-order valence-corrected chi connectivity index (χ3v) is 2.00. The average Bonchev–Trinajstić information content (AvgIpc) is 1.83. The predicted octanol–water partition coefficient (Wildman–Crippen LogP) is -0.363. The fraction of sp³-hybridized carbons (Fsp3) is 0.833. The molecule has 0 aromatic rings. The molecule has 0 radical (unpaired) electrons. The Morgan fingerprint density at radius 1 is 1.45 bits per heavy atom. The summed E-state index contributed by atoms with van der Waals surface area (Å²) in [6, 6.07) is 0. The Balaban J connectivity index is 3.64. The molecule has 0 aliphatic carbocycles. The Kier molecular flexibility index (Phi) is 4.29. The van der Waals surface area contributed by atoms with Crippen LogP contribution >= 0.6 is 0 Å². The SMILES string of the molecule is COCC(=O)CCS(C)(=O)=O. The van der Waals surface area contributed by atoms with Crippen molar-refractivity contribution in [2.75, 3.05) is 25.7 Å². The first-order valence-electron chi connectivity index (χ1n) is 3.14. The van der Waals surface area contributed by atoms with Gasteiger partial charge < -0.3 is 4.74 Å². The monoisotopic (exact) mass is 180 g/mol. The van der Waals surface area contributed by atoms with E-state index in [4.69, 9.17) is 0 Å². The van der Waals surface area contributed by atoms with Gasteiger partial charge in [-0.15, -0.1) is 0 Å². The van der Waals surface area contributed by atoms with Crippen LogP contribution < -0.4 is 0 Å². The van der Waals surface area contributed by atoms with Crippen LogP contribution in [0.5, 0.6) is 0 Å². The lowest BCUT2D eigenvalue weighted by atomic mass is 10.3. The van der Waals surface area contributed by atoms with Gasteiger partial charge in [0, 0.05) is 19.8 Å². The molecule has 0 atom stereocenters. The van der Waals surface area contributed by atoms with E-state index in [1.54, 1.807) is 0 Å². The van der Waals surface area contributed by atoms with Gasteiger partial charge in [-0.25, -0.2) is 8.42 Å². The summed E-state index contributed by atoms with van der Waals surface area (Å²) in [5.74, 6) is -0.271. The molecule has 0 aliphatic rings. The van der Waals surface area contributed by atoms with Crippen molar-refractivity contribution in [1.82, 2.24) is 0 Å². The highest BCUT2D eigenvalue weighted by atomic mass is 32.2. The van der Waals surface area contributed by atoms with Crippen LogP contribution in [0.3, 0.4) is 0 Å². The highest BCUT2D eigenvalue weighted by Gasteiger charge is 2.06. The van der Waals surface area contributed by atoms with E-state index in [-0.39, 0.29) is 24.6 Å². The van der Waals surface area contributed by atoms with Crippen molar-refractivity contribution in [2.45, 2.75) is 6.42 Å². The number of methoxy groups -OCH3 is 1. The van der Waals surface area contributed by atoms with E-state index in [1.165, 1.54) is 7.11 Å². The second kappa shape index (κ2) is 4.46. The van der Waals surface area contributed by atoms with E-state index in [0.29, 0.717) is 0 Å². The predicted molar refractivity (Wildman–Crippen MR) is 41.2 cm³/mol. The maximum absolute atomic E-state index is 10.7. The highest BCUT2D eigenvalue weighted by molar-refractivity contribution is 7.90. The van der Waals surface area contributed by atoms with Gasteiger partial charge in [0.25, 0.3) is 0 Å². The minimum Gasteiger partial charge on any atom is -0.377 e. The molecule has 0 heterocycles. The van der Waals surface area contributed by atoms with E-state index in [9.17, 15) is 13.2 Å². The molecule has 0 unspecified atom stereocenters. The number of ketones is 1. The van der Waals surface area contributed by atoms with Crippen molar-refractivity contribution in [3.8, 4) is 0 Å². The summed E-state index contributed by atoms with van der Waals surface area (Å²) in [6.45, 7) is -0.00444. The number of rotatable bonds is 5. The van der Waals surface area contributed by atoms with Crippen LogP contribution in [-0.2, 0) is 19.4 Å². The molecule has 0 N–H and O–H groups in total. The summed E-state index contributed by atoms with van der Waals surface area (Å²) in [4.78, 5) is 10.7. The Bertz CT molecular complexity index is 217. The third kappa shape index (κ3) is 7.48. The zero-order chi connectivity index (χ0) is 8.91. The molecule has 0 rings (SSSR count). The minimum absolute atomic E-state index is 0.00444. The Hall–Kier alpha value is -0.420. The molecule has 11 heavy (non-hydrogen) atoms. The Morgan fingerprint density at radius 2 is 2.00 bits per heavy atom. The van der Waals surface area contributed by atoms with Crippen molar-refractivity contribution < 1.29 is 17.9 Å². The lowest BCUT2D eigenvalue weighted by Gasteiger charge is -1.96. The van der Waals surface area contributed by atoms with Crippen LogP contribution in [0.25, 0.3) is 0 Å². The van der Waals surface area contributed by atoms with Crippen molar-refractivity contribution >= 4 is 15.6 Å². The first-order valence-corrected chi connectivity index (χ1v) is 5.20. The fourth-order valence-electron chi connectivity index (χ4n) is 0.532. The van der Waals surface area contributed by atoms with E-state index >= 15 is 0 Å². The van der Waals surface area contributed by atoms with Gasteiger partial charge in [0.15, 0.2) is 5.78 Å². The molecular formula is C6H12O4S. The third-order valence-electron chi connectivity index (χ3n) is 1.06. The number of ether oxygens (including phenoxy) is 1. The van der Waals surface area contributed by atoms with Gasteiger partial charge in [-0.1, -0.05) is 0 Å². The van der Waals surface area contributed by atoms with Crippen LogP contribution in [0.15, 0.2) is 0 Å². The van der Waals surface area contributed by atoms with Gasteiger partial charge in [-0.05, 0) is 0 Å². The van der Waals surface area contributed by atoms with Crippen molar-refractivity contribution in [3.05, 3.63) is 0 Å². The van der Waals surface area contributed by atoms with Crippen LogP contribution in [0.1, 0.15) is 6.42 Å². The van der Waals surface area contributed by atoms with Crippen LogP contribution in [0, 0.1) is 0 Å². The number of sulfone groups is 1. The fourth-order valence-corrected chi connectivity index (χ4v) is 1.13. The Morgan fingerprint density at radius 3 is 2.36 bits per heavy atom. The maximum atomic E-state index is 10.7. The molecule has 0 fully saturated rings. The topological polar surface area (TPSA) is 60.4 Å². The number of carbonyl (C=O) groups is 1. The van der Waals surface area contributed by atoms with Gasteiger partial charge in [-0.3, -0.25) is 4.79 Å². The second-order valence-electron chi connectivity index (χ2n) is 2.35. The summed E-state index contributed by atoms with van der Waals surface area (Å²) < 4.78 is 25.6. The smallest absolute Gasteiger partial charge is 0.159 e. The van der Waals surface area contributed by atoms with Crippen molar-refractivity contribution in [2.24, 2.45) is 0 Å². The summed E-state index contributed by atoms with van der Waals surface area (Å²) >= 11 is 0. The highest BCUT2D eigenvalue weighted by Crippen LogP contribution is 1.90. The van der Waals surface area contributed by atoms with Crippen LogP contribution in [-0.4, -0.2) is 39.9 Å². The molecule has 66 valence electrons. The van der Waals surface area contributed by atoms with E-state index in [2.05, 4.69) is 4.74 Å². The zero-order valence-corrected chi connectivity index (χ0v) is 7.48. The molecule has 0 aromatic carbocycles.